The Morgan fingerprint density at radius 2 is 1.31 bits per heavy atom. The van der Waals surface area contributed by atoms with Crippen molar-refractivity contribution in [2.45, 2.75) is 37.4 Å². The van der Waals surface area contributed by atoms with Crippen LogP contribution in [0, 0.1) is 0 Å². The van der Waals surface area contributed by atoms with E-state index in [4.69, 9.17) is 4.99 Å². The monoisotopic (exact) mass is 480 g/mol. The van der Waals surface area contributed by atoms with Crippen molar-refractivity contribution < 1.29 is 10.2 Å². The summed E-state index contributed by atoms with van der Waals surface area (Å²) in [6.45, 7) is 2.64. The molecule has 3 heterocycles. The van der Waals surface area contributed by atoms with Gasteiger partial charge in [-0.1, -0.05) is 54.6 Å². The van der Waals surface area contributed by atoms with E-state index in [1.807, 2.05) is 24.3 Å². The number of hydrogen-bond acceptors (Lipinski definition) is 6. The van der Waals surface area contributed by atoms with Gasteiger partial charge in [-0.15, -0.1) is 0 Å². The van der Waals surface area contributed by atoms with Crippen molar-refractivity contribution >= 4 is 5.84 Å². The number of benzene rings is 3. The Labute approximate surface area is 212 Å². The average Bonchev–Trinajstić information content (AvgIpc) is 3.42. The topological polar surface area (TPSA) is 71.3 Å². The van der Waals surface area contributed by atoms with Gasteiger partial charge in [0.1, 0.15) is 23.2 Å². The van der Waals surface area contributed by atoms with Gasteiger partial charge in [-0.3, -0.25) is 4.99 Å². The molecule has 0 radical (unpaired) electrons. The van der Waals surface area contributed by atoms with E-state index in [-0.39, 0.29) is 12.1 Å². The van der Waals surface area contributed by atoms with Gasteiger partial charge in [0.05, 0.1) is 18.6 Å². The molecule has 0 aromatic heterocycles. The molecule has 3 aromatic carbocycles. The van der Waals surface area contributed by atoms with Gasteiger partial charge in [-0.25, -0.2) is 0 Å². The molecule has 184 valence electrons. The summed E-state index contributed by atoms with van der Waals surface area (Å²) in [5.74, 6) is 2.81. The Morgan fingerprint density at radius 3 is 2.00 bits per heavy atom. The molecule has 3 aromatic rings. The number of nitrogens with one attached hydrogen (secondary N) is 1. The minimum atomic E-state index is 0.280. The van der Waals surface area contributed by atoms with E-state index in [2.05, 4.69) is 51.5 Å². The lowest BCUT2D eigenvalue weighted by atomic mass is 10.0. The zero-order chi connectivity index (χ0) is 24.5. The Kier molecular flexibility index (Phi) is 6.01. The van der Waals surface area contributed by atoms with Crippen molar-refractivity contribution in [2.24, 2.45) is 4.99 Å². The Bertz CT molecular complexity index is 1250. The van der Waals surface area contributed by atoms with Gasteiger partial charge < -0.3 is 25.3 Å². The molecule has 3 atom stereocenters. The molecular formula is C30H32N4O2. The lowest BCUT2D eigenvalue weighted by molar-refractivity contribution is 0.215. The zero-order valence-corrected chi connectivity index (χ0v) is 20.3. The number of phenolic OH excluding ortho intramolecular Hbond substituents is 2. The van der Waals surface area contributed by atoms with E-state index in [1.165, 1.54) is 16.7 Å². The van der Waals surface area contributed by atoms with Crippen molar-refractivity contribution in [3.8, 4) is 11.5 Å². The van der Waals surface area contributed by atoms with Crippen LogP contribution < -0.4 is 5.32 Å². The van der Waals surface area contributed by atoms with Crippen LogP contribution in [-0.4, -0.2) is 63.6 Å². The van der Waals surface area contributed by atoms with Crippen LogP contribution in [0.3, 0.4) is 0 Å². The highest BCUT2D eigenvalue weighted by Crippen LogP contribution is 2.29. The number of amidine groups is 1. The van der Waals surface area contributed by atoms with Crippen LogP contribution in [0.25, 0.3) is 0 Å². The van der Waals surface area contributed by atoms with Crippen LogP contribution in [0.1, 0.15) is 16.7 Å². The van der Waals surface area contributed by atoms with Crippen LogP contribution in [0.4, 0.5) is 0 Å². The zero-order valence-electron chi connectivity index (χ0n) is 20.3. The van der Waals surface area contributed by atoms with Gasteiger partial charge in [0.15, 0.2) is 0 Å². The normalized spacial score (nSPS) is 22.8. The SMILES string of the molecule is Oc1ccc(C[C@@H]2CN3C(=CC4=NC[C@@H](Cc5ccccc5)N4C[C@H]3Cc3ccc(O)cc3)N2)cc1. The van der Waals surface area contributed by atoms with Crippen LogP contribution in [0.15, 0.2) is 95.8 Å². The molecule has 1 saturated heterocycles. The largest absolute Gasteiger partial charge is 0.508 e. The summed E-state index contributed by atoms with van der Waals surface area (Å²) in [5, 5.41) is 23.2. The highest BCUT2D eigenvalue weighted by atomic mass is 16.3. The summed E-state index contributed by atoms with van der Waals surface area (Å²) in [5.41, 5.74) is 3.78. The molecule has 0 bridgehead atoms. The third-order valence-electron chi connectivity index (χ3n) is 7.53. The van der Waals surface area contributed by atoms with E-state index in [0.29, 0.717) is 17.5 Å². The molecule has 3 N–H and O–H groups in total. The van der Waals surface area contributed by atoms with E-state index < -0.39 is 0 Å². The van der Waals surface area contributed by atoms with E-state index in [9.17, 15) is 10.2 Å². The van der Waals surface area contributed by atoms with Gasteiger partial charge in [0.25, 0.3) is 0 Å². The van der Waals surface area contributed by atoms with E-state index >= 15 is 0 Å². The molecule has 6 nitrogen and oxygen atoms in total. The molecule has 0 spiro atoms. The first-order valence-corrected chi connectivity index (χ1v) is 12.8. The first-order valence-electron chi connectivity index (χ1n) is 12.8. The maximum Gasteiger partial charge on any atom is 0.127 e. The second-order valence-corrected chi connectivity index (χ2v) is 10.1. The number of fused-ring (bicyclic) bond motifs is 2. The fourth-order valence-corrected chi connectivity index (χ4v) is 5.71. The molecule has 0 aliphatic carbocycles. The molecule has 1 fully saturated rings. The second-order valence-electron chi connectivity index (χ2n) is 10.1. The van der Waals surface area contributed by atoms with E-state index in [1.54, 1.807) is 24.3 Å². The van der Waals surface area contributed by atoms with Crippen LogP contribution in [0.5, 0.6) is 11.5 Å². The van der Waals surface area contributed by atoms with Gasteiger partial charge in [-0.2, -0.15) is 0 Å². The lowest BCUT2D eigenvalue weighted by Gasteiger charge is -2.34. The smallest absolute Gasteiger partial charge is 0.127 e. The van der Waals surface area contributed by atoms with Crippen LogP contribution in [0.2, 0.25) is 0 Å². The predicted molar refractivity (Wildman–Crippen MR) is 142 cm³/mol. The maximum absolute atomic E-state index is 9.78. The standard InChI is InChI=1S/C30H32N4O2/c35-27-10-6-22(7-11-27)14-24-19-33-26(16-23-8-12-28(36)13-9-23)20-34-25(15-21-4-2-1-3-5-21)18-31-29(34)17-30(33)32-24/h1-13,17,24-26,32,35-36H,14-16,18-20H2/t24-,25-,26-/m1/s1. The quantitative estimate of drug-likeness (QED) is 0.502. The van der Waals surface area contributed by atoms with Crippen molar-refractivity contribution in [2.75, 3.05) is 19.6 Å². The minimum absolute atomic E-state index is 0.280. The van der Waals surface area contributed by atoms with Crippen molar-refractivity contribution in [1.82, 2.24) is 15.1 Å². The molecule has 3 aliphatic rings. The second kappa shape index (κ2) is 9.61. The number of nitrogens with zero attached hydrogens (tertiary/aromatic N) is 3. The first-order chi connectivity index (χ1) is 17.6. The van der Waals surface area contributed by atoms with Crippen molar-refractivity contribution in [3.05, 3.63) is 107 Å². The van der Waals surface area contributed by atoms with Gasteiger partial charge in [0, 0.05) is 25.2 Å². The summed E-state index contributed by atoms with van der Waals surface area (Å²) < 4.78 is 0. The Hall–Kier alpha value is -3.93. The fraction of sp³-hybridized carbons (Fsp3) is 0.300. The Morgan fingerprint density at radius 1 is 0.694 bits per heavy atom. The Balaban J connectivity index is 1.26. The maximum atomic E-state index is 9.78. The van der Waals surface area contributed by atoms with Gasteiger partial charge in [-0.05, 0) is 60.2 Å². The molecule has 6 rings (SSSR count). The number of aliphatic imine (C=N–C) groups is 1. The summed E-state index contributed by atoms with van der Waals surface area (Å²) in [7, 11) is 0. The minimum Gasteiger partial charge on any atom is -0.508 e. The van der Waals surface area contributed by atoms with Gasteiger partial charge in [0.2, 0.25) is 0 Å². The summed E-state index contributed by atoms with van der Waals surface area (Å²) in [6, 6.07) is 26.7. The highest BCUT2D eigenvalue weighted by molar-refractivity contribution is 5.95. The van der Waals surface area contributed by atoms with Crippen molar-refractivity contribution in [1.29, 1.82) is 0 Å². The number of hydrogen-bond donors (Lipinski definition) is 3. The third-order valence-corrected chi connectivity index (χ3v) is 7.53. The summed E-state index contributed by atoms with van der Waals surface area (Å²) in [6.07, 6.45) is 5.01. The molecule has 6 heteroatoms. The van der Waals surface area contributed by atoms with Crippen LogP contribution in [-0.2, 0) is 19.3 Å². The average molecular weight is 481 g/mol. The molecule has 0 saturated carbocycles. The highest BCUT2D eigenvalue weighted by Gasteiger charge is 2.39. The fourth-order valence-electron chi connectivity index (χ4n) is 5.71. The summed E-state index contributed by atoms with van der Waals surface area (Å²) in [4.78, 5) is 9.98. The van der Waals surface area contributed by atoms with Crippen LogP contribution >= 0.6 is 0 Å². The summed E-state index contributed by atoms with van der Waals surface area (Å²) >= 11 is 0. The number of aromatic hydroxyl groups is 2. The molecule has 0 unspecified atom stereocenters. The predicted octanol–water partition coefficient (Wildman–Crippen LogP) is 3.71. The molecule has 36 heavy (non-hydrogen) atoms. The number of rotatable bonds is 6. The number of phenols is 2. The first kappa shape index (κ1) is 22.5. The third kappa shape index (κ3) is 4.76. The molecule has 3 aliphatic heterocycles. The van der Waals surface area contributed by atoms with Gasteiger partial charge >= 0.3 is 0 Å². The molecular weight excluding hydrogens is 448 g/mol. The van der Waals surface area contributed by atoms with E-state index in [0.717, 1.165) is 50.6 Å². The molecule has 0 amide bonds. The lowest BCUT2D eigenvalue weighted by Crippen LogP contribution is -2.46. The van der Waals surface area contributed by atoms with Crippen molar-refractivity contribution in [3.63, 3.8) is 0 Å².